The molecule has 2 aliphatic rings. The van der Waals surface area contributed by atoms with Gasteiger partial charge in [-0.1, -0.05) is 25.2 Å². The fourth-order valence-corrected chi connectivity index (χ4v) is 3.56. The van der Waals surface area contributed by atoms with Crippen molar-refractivity contribution in [3.63, 3.8) is 0 Å². The summed E-state index contributed by atoms with van der Waals surface area (Å²) in [5.74, 6) is 7.14. The Balaban J connectivity index is 1.57. The Kier molecular flexibility index (Phi) is 7.80. The fourth-order valence-electron chi connectivity index (χ4n) is 3.56. The molecule has 0 radical (unpaired) electrons. The number of carbonyl (C=O) groups excluding carboxylic acids is 1. The topological polar surface area (TPSA) is 35.5 Å². The zero-order valence-corrected chi connectivity index (χ0v) is 13.9. The number of esters is 1. The van der Waals surface area contributed by atoms with Gasteiger partial charge in [0.05, 0.1) is 6.61 Å². The standard InChI is InChI=1S/C19H30O3/c1-2-22-19(20)13-12-16-8-10-18(11-9-16)15-21-14-17-6-4-3-5-7-17/h16-18H,2-11,14-15H2,1H3. The molecule has 0 saturated heterocycles. The van der Waals surface area contributed by atoms with E-state index in [4.69, 9.17) is 9.47 Å². The molecule has 0 N–H and O–H groups in total. The summed E-state index contributed by atoms with van der Waals surface area (Å²) in [6, 6.07) is 0. The van der Waals surface area contributed by atoms with Crippen LogP contribution in [0.3, 0.4) is 0 Å². The third-order valence-corrected chi connectivity index (χ3v) is 4.93. The largest absolute Gasteiger partial charge is 0.456 e. The Hall–Kier alpha value is -1.01. The van der Waals surface area contributed by atoms with E-state index in [1.165, 1.54) is 44.9 Å². The molecule has 22 heavy (non-hydrogen) atoms. The SMILES string of the molecule is CCOC(=O)C#CC1CCC(COCC2CCCCC2)CC1. The smallest absolute Gasteiger partial charge is 0.384 e. The number of rotatable bonds is 5. The minimum Gasteiger partial charge on any atom is -0.456 e. The average molecular weight is 306 g/mol. The van der Waals surface area contributed by atoms with Gasteiger partial charge < -0.3 is 9.47 Å². The molecule has 0 aromatic heterocycles. The minimum absolute atomic E-state index is 0.360. The highest BCUT2D eigenvalue weighted by molar-refractivity contribution is 5.88. The van der Waals surface area contributed by atoms with Gasteiger partial charge in [0.15, 0.2) is 0 Å². The summed E-state index contributed by atoms with van der Waals surface area (Å²) in [5.41, 5.74) is 0. The molecular weight excluding hydrogens is 276 g/mol. The molecule has 2 fully saturated rings. The third-order valence-electron chi connectivity index (χ3n) is 4.93. The summed E-state index contributed by atoms with van der Waals surface area (Å²) < 4.78 is 10.8. The molecule has 2 rings (SSSR count). The van der Waals surface area contributed by atoms with Crippen molar-refractivity contribution in [1.82, 2.24) is 0 Å². The summed E-state index contributed by atoms with van der Waals surface area (Å²) in [7, 11) is 0. The van der Waals surface area contributed by atoms with Crippen LogP contribution in [0.15, 0.2) is 0 Å². The molecule has 0 aromatic carbocycles. The molecule has 0 heterocycles. The van der Waals surface area contributed by atoms with Crippen molar-refractivity contribution in [1.29, 1.82) is 0 Å². The second-order valence-electron chi connectivity index (χ2n) is 6.75. The van der Waals surface area contributed by atoms with E-state index < -0.39 is 0 Å². The molecule has 0 bridgehead atoms. The predicted molar refractivity (Wildman–Crippen MR) is 87.3 cm³/mol. The van der Waals surface area contributed by atoms with E-state index in [9.17, 15) is 4.79 Å². The zero-order valence-electron chi connectivity index (χ0n) is 13.9. The second-order valence-corrected chi connectivity index (χ2v) is 6.75. The van der Waals surface area contributed by atoms with Crippen molar-refractivity contribution >= 4 is 5.97 Å². The quantitative estimate of drug-likeness (QED) is 0.438. The lowest BCUT2D eigenvalue weighted by molar-refractivity contribution is -0.136. The van der Waals surface area contributed by atoms with Crippen molar-refractivity contribution in [3.8, 4) is 11.8 Å². The van der Waals surface area contributed by atoms with Gasteiger partial charge in [0.1, 0.15) is 0 Å². The summed E-state index contributed by atoms with van der Waals surface area (Å²) in [5, 5.41) is 0. The maximum absolute atomic E-state index is 11.2. The Bertz CT molecular complexity index is 379. The van der Waals surface area contributed by atoms with E-state index >= 15 is 0 Å². The third kappa shape index (κ3) is 6.40. The highest BCUT2D eigenvalue weighted by atomic mass is 16.5. The molecule has 0 unspecified atom stereocenters. The number of ether oxygens (including phenoxy) is 2. The maximum Gasteiger partial charge on any atom is 0.384 e. The highest BCUT2D eigenvalue weighted by Gasteiger charge is 2.21. The summed E-state index contributed by atoms with van der Waals surface area (Å²) >= 11 is 0. The van der Waals surface area contributed by atoms with E-state index in [1.807, 2.05) is 0 Å². The molecule has 3 heteroatoms. The molecule has 3 nitrogen and oxygen atoms in total. The number of hydrogen-bond acceptors (Lipinski definition) is 3. The van der Waals surface area contributed by atoms with Gasteiger partial charge in [-0.25, -0.2) is 4.79 Å². The van der Waals surface area contributed by atoms with Gasteiger partial charge in [0.25, 0.3) is 0 Å². The Labute approximate surface area is 135 Å². The molecule has 0 atom stereocenters. The number of carbonyl (C=O) groups is 1. The average Bonchev–Trinajstić information content (AvgIpc) is 2.55. The first-order chi connectivity index (χ1) is 10.8. The summed E-state index contributed by atoms with van der Waals surface area (Å²) in [6.45, 7) is 4.08. The lowest BCUT2D eigenvalue weighted by atomic mass is 9.82. The van der Waals surface area contributed by atoms with Gasteiger partial charge in [-0.15, -0.1) is 0 Å². The van der Waals surface area contributed by atoms with E-state index in [1.54, 1.807) is 6.92 Å². The molecule has 2 saturated carbocycles. The molecule has 0 spiro atoms. The zero-order chi connectivity index (χ0) is 15.6. The van der Waals surface area contributed by atoms with E-state index in [0.29, 0.717) is 18.4 Å². The maximum atomic E-state index is 11.2. The normalized spacial score (nSPS) is 26.0. The van der Waals surface area contributed by atoms with Crippen molar-refractivity contribution < 1.29 is 14.3 Å². The summed E-state index contributed by atoms with van der Waals surface area (Å²) in [4.78, 5) is 11.2. The van der Waals surface area contributed by atoms with Crippen molar-refractivity contribution in [2.45, 2.75) is 64.7 Å². The van der Waals surface area contributed by atoms with Gasteiger partial charge in [-0.05, 0) is 57.3 Å². The van der Waals surface area contributed by atoms with Crippen molar-refractivity contribution in [3.05, 3.63) is 0 Å². The Morgan fingerprint density at radius 2 is 1.59 bits per heavy atom. The first-order valence-corrected chi connectivity index (χ1v) is 9.04. The minimum atomic E-state index is -0.388. The van der Waals surface area contributed by atoms with E-state index in [0.717, 1.165) is 32.0 Å². The Morgan fingerprint density at radius 3 is 2.23 bits per heavy atom. The fraction of sp³-hybridized carbons (Fsp3) is 0.842. The van der Waals surface area contributed by atoms with Gasteiger partial charge in [0, 0.05) is 25.1 Å². The van der Waals surface area contributed by atoms with Crippen molar-refractivity contribution in [2.75, 3.05) is 19.8 Å². The molecule has 124 valence electrons. The molecule has 0 aliphatic heterocycles. The lowest BCUT2D eigenvalue weighted by Crippen LogP contribution is -2.21. The van der Waals surface area contributed by atoms with Crippen LogP contribution in [0.2, 0.25) is 0 Å². The van der Waals surface area contributed by atoms with E-state index in [-0.39, 0.29) is 5.97 Å². The van der Waals surface area contributed by atoms with Crippen LogP contribution < -0.4 is 0 Å². The van der Waals surface area contributed by atoms with Gasteiger partial charge in [-0.2, -0.15) is 0 Å². The van der Waals surface area contributed by atoms with Gasteiger partial charge in [-0.3, -0.25) is 0 Å². The van der Waals surface area contributed by atoms with Gasteiger partial charge in [0.2, 0.25) is 0 Å². The molecule has 0 amide bonds. The first-order valence-electron chi connectivity index (χ1n) is 9.04. The highest BCUT2D eigenvalue weighted by Crippen LogP contribution is 2.29. The van der Waals surface area contributed by atoms with Crippen LogP contribution in [0.1, 0.15) is 64.7 Å². The number of hydrogen-bond donors (Lipinski definition) is 0. The summed E-state index contributed by atoms with van der Waals surface area (Å²) in [6.07, 6.45) is 11.4. The van der Waals surface area contributed by atoms with Crippen LogP contribution in [0.4, 0.5) is 0 Å². The first kappa shape index (κ1) is 17.3. The van der Waals surface area contributed by atoms with E-state index in [2.05, 4.69) is 11.8 Å². The molecular formula is C19H30O3. The van der Waals surface area contributed by atoms with Crippen LogP contribution in [0, 0.1) is 29.6 Å². The molecule has 0 aromatic rings. The lowest BCUT2D eigenvalue weighted by Gasteiger charge is -2.27. The van der Waals surface area contributed by atoms with Crippen molar-refractivity contribution in [2.24, 2.45) is 17.8 Å². The van der Waals surface area contributed by atoms with Crippen LogP contribution in [0.5, 0.6) is 0 Å². The second kappa shape index (κ2) is 9.90. The van der Waals surface area contributed by atoms with Crippen LogP contribution in [0.25, 0.3) is 0 Å². The predicted octanol–water partition coefficient (Wildman–Crippen LogP) is 3.96. The van der Waals surface area contributed by atoms with Crippen LogP contribution >= 0.6 is 0 Å². The monoisotopic (exact) mass is 306 g/mol. The Morgan fingerprint density at radius 1 is 0.955 bits per heavy atom. The van der Waals surface area contributed by atoms with Gasteiger partial charge >= 0.3 is 5.97 Å². The molecule has 2 aliphatic carbocycles. The van der Waals surface area contributed by atoms with Crippen LogP contribution in [-0.4, -0.2) is 25.8 Å². The van der Waals surface area contributed by atoms with Crippen LogP contribution in [-0.2, 0) is 14.3 Å².